The molecule has 0 saturated heterocycles. The third-order valence-corrected chi connectivity index (χ3v) is 3.53. The maximum absolute atomic E-state index is 5.62. The Hall–Kier alpha value is -1.27. The lowest BCUT2D eigenvalue weighted by atomic mass is 10.2. The van der Waals surface area contributed by atoms with E-state index in [1.165, 1.54) is 17.3 Å². The van der Waals surface area contributed by atoms with Gasteiger partial charge in [-0.15, -0.1) is 0 Å². The van der Waals surface area contributed by atoms with Gasteiger partial charge < -0.3 is 10.2 Å². The van der Waals surface area contributed by atoms with Crippen LogP contribution in [0.2, 0.25) is 0 Å². The van der Waals surface area contributed by atoms with Gasteiger partial charge in [0.05, 0.1) is 11.4 Å². The number of hydrogen-bond acceptors (Lipinski definition) is 5. The fourth-order valence-electron chi connectivity index (χ4n) is 1.70. The van der Waals surface area contributed by atoms with E-state index >= 15 is 0 Å². The van der Waals surface area contributed by atoms with Crippen molar-refractivity contribution >= 4 is 11.8 Å². The molecule has 0 atom stereocenters. The monoisotopic (exact) mass is 252 g/mol. The summed E-state index contributed by atoms with van der Waals surface area (Å²) < 4.78 is 7.20. The van der Waals surface area contributed by atoms with E-state index in [4.69, 9.17) is 10.2 Å². The zero-order valence-electron chi connectivity index (χ0n) is 10.2. The molecule has 0 saturated carbocycles. The Bertz CT molecular complexity index is 518. The van der Waals surface area contributed by atoms with Crippen molar-refractivity contribution in [1.29, 1.82) is 0 Å². The first-order valence-corrected chi connectivity index (χ1v) is 6.26. The second-order valence-electron chi connectivity index (χ2n) is 3.89. The van der Waals surface area contributed by atoms with E-state index in [1.54, 1.807) is 6.26 Å². The Labute approximate surface area is 104 Å². The van der Waals surface area contributed by atoms with Crippen molar-refractivity contribution < 1.29 is 4.42 Å². The Balaban J connectivity index is 2.31. The summed E-state index contributed by atoms with van der Waals surface area (Å²) in [6, 6.07) is 0. The first-order valence-electron chi connectivity index (χ1n) is 5.44. The minimum absolute atomic E-state index is 0.616. The molecule has 0 aromatic carbocycles. The number of nitrogens with two attached hydrogens (primary N) is 1. The van der Waals surface area contributed by atoms with Crippen LogP contribution >= 0.6 is 11.8 Å². The molecule has 2 aromatic heterocycles. The summed E-state index contributed by atoms with van der Waals surface area (Å²) in [6.45, 7) is 4.52. The minimum Gasteiger partial charge on any atom is -0.439 e. The van der Waals surface area contributed by atoms with E-state index in [-0.39, 0.29) is 0 Å². The summed E-state index contributed by atoms with van der Waals surface area (Å²) in [5.74, 6) is 0. The highest BCUT2D eigenvalue weighted by molar-refractivity contribution is 7.99. The van der Waals surface area contributed by atoms with Crippen molar-refractivity contribution in [3.8, 4) is 0 Å². The number of rotatable bonds is 4. The first-order chi connectivity index (χ1) is 8.11. The molecule has 0 bridgehead atoms. The van der Waals surface area contributed by atoms with Gasteiger partial charge in [-0.05, 0) is 38.6 Å². The maximum Gasteiger partial charge on any atom is 0.262 e. The van der Waals surface area contributed by atoms with E-state index in [1.807, 2.05) is 25.6 Å². The highest BCUT2D eigenvalue weighted by atomic mass is 32.2. The predicted octanol–water partition coefficient (Wildman–Crippen LogP) is 1.68. The SMILES string of the molecule is Cc1coc(Sc2c(CCN)c(C)nn2C)n1. The average molecular weight is 252 g/mol. The van der Waals surface area contributed by atoms with Gasteiger partial charge in [-0.1, -0.05) is 0 Å². The third-order valence-electron chi connectivity index (χ3n) is 2.47. The van der Waals surface area contributed by atoms with Gasteiger partial charge in [-0.25, -0.2) is 4.98 Å². The normalized spacial score (nSPS) is 11.1. The molecule has 2 heterocycles. The van der Waals surface area contributed by atoms with Gasteiger partial charge in [0, 0.05) is 12.6 Å². The molecular weight excluding hydrogens is 236 g/mol. The summed E-state index contributed by atoms with van der Waals surface area (Å²) in [5, 5.41) is 6.10. The number of hydrogen-bond donors (Lipinski definition) is 1. The zero-order chi connectivity index (χ0) is 12.4. The van der Waals surface area contributed by atoms with Gasteiger partial charge in [0.15, 0.2) is 0 Å². The summed E-state index contributed by atoms with van der Waals surface area (Å²) in [5.41, 5.74) is 8.70. The Morgan fingerprint density at radius 2 is 2.24 bits per heavy atom. The van der Waals surface area contributed by atoms with Crippen LogP contribution in [0.15, 0.2) is 20.9 Å². The fraction of sp³-hybridized carbons (Fsp3) is 0.455. The largest absolute Gasteiger partial charge is 0.439 e. The van der Waals surface area contributed by atoms with Crippen molar-refractivity contribution in [3.05, 3.63) is 23.2 Å². The smallest absolute Gasteiger partial charge is 0.262 e. The van der Waals surface area contributed by atoms with E-state index in [0.717, 1.165) is 22.8 Å². The summed E-state index contributed by atoms with van der Waals surface area (Å²) in [7, 11) is 1.92. The van der Waals surface area contributed by atoms with Crippen LogP contribution in [0.4, 0.5) is 0 Å². The average Bonchev–Trinajstić information content (AvgIpc) is 2.78. The lowest BCUT2D eigenvalue weighted by Crippen LogP contribution is -2.04. The van der Waals surface area contributed by atoms with Crippen molar-refractivity contribution in [1.82, 2.24) is 14.8 Å². The topological polar surface area (TPSA) is 69.9 Å². The standard InChI is InChI=1S/C11H16N4OS/c1-7-6-16-11(13-7)17-10-9(4-5-12)8(2)14-15(10)3/h6H,4-5,12H2,1-3H3. The summed E-state index contributed by atoms with van der Waals surface area (Å²) in [6.07, 6.45) is 2.47. The van der Waals surface area contributed by atoms with Crippen LogP contribution in [0.5, 0.6) is 0 Å². The molecule has 2 rings (SSSR count). The molecule has 17 heavy (non-hydrogen) atoms. The predicted molar refractivity (Wildman–Crippen MR) is 66.1 cm³/mol. The summed E-state index contributed by atoms with van der Waals surface area (Å²) >= 11 is 1.49. The van der Waals surface area contributed by atoms with Crippen LogP contribution < -0.4 is 5.73 Å². The molecule has 2 N–H and O–H groups in total. The van der Waals surface area contributed by atoms with Gasteiger partial charge in [0.1, 0.15) is 11.3 Å². The van der Waals surface area contributed by atoms with Gasteiger partial charge in [-0.3, -0.25) is 4.68 Å². The molecule has 0 amide bonds. The van der Waals surface area contributed by atoms with E-state index in [0.29, 0.717) is 11.8 Å². The fourth-order valence-corrected chi connectivity index (χ4v) is 2.70. The molecule has 0 aliphatic heterocycles. The van der Waals surface area contributed by atoms with Crippen LogP contribution in [-0.2, 0) is 13.5 Å². The zero-order valence-corrected chi connectivity index (χ0v) is 11.0. The number of oxazole rings is 1. The maximum atomic E-state index is 5.62. The van der Waals surface area contributed by atoms with Crippen molar-refractivity contribution in [2.24, 2.45) is 12.8 Å². The number of nitrogens with zero attached hydrogens (tertiary/aromatic N) is 3. The van der Waals surface area contributed by atoms with Crippen molar-refractivity contribution in [3.63, 3.8) is 0 Å². The number of aryl methyl sites for hydroxylation is 3. The van der Waals surface area contributed by atoms with Crippen LogP contribution in [-0.4, -0.2) is 21.3 Å². The lowest BCUT2D eigenvalue weighted by Gasteiger charge is -2.02. The minimum atomic E-state index is 0.616. The second-order valence-corrected chi connectivity index (χ2v) is 4.83. The highest BCUT2D eigenvalue weighted by Crippen LogP contribution is 2.31. The molecule has 0 fully saturated rings. The Kier molecular flexibility index (Phi) is 3.54. The van der Waals surface area contributed by atoms with Gasteiger partial charge in [-0.2, -0.15) is 5.10 Å². The highest BCUT2D eigenvalue weighted by Gasteiger charge is 2.16. The molecule has 0 aliphatic carbocycles. The number of aromatic nitrogens is 3. The van der Waals surface area contributed by atoms with Gasteiger partial charge >= 0.3 is 0 Å². The second kappa shape index (κ2) is 4.93. The van der Waals surface area contributed by atoms with Crippen LogP contribution in [0.3, 0.4) is 0 Å². The molecule has 0 aliphatic rings. The third kappa shape index (κ3) is 2.53. The first kappa shape index (κ1) is 12.2. The summed E-state index contributed by atoms with van der Waals surface area (Å²) in [4.78, 5) is 4.28. The van der Waals surface area contributed by atoms with E-state index in [9.17, 15) is 0 Å². The molecule has 0 radical (unpaired) electrons. The molecule has 92 valence electrons. The van der Waals surface area contributed by atoms with Crippen LogP contribution in [0.25, 0.3) is 0 Å². The van der Waals surface area contributed by atoms with Gasteiger partial charge in [0.25, 0.3) is 5.22 Å². The molecule has 0 spiro atoms. The van der Waals surface area contributed by atoms with E-state index in [2.05, 4.69) is 10.1 Å². The Morgan fingerprint density at radius 3 is 2.82 bits per heavy atom. The van der Waals surface area contributed by atoms with Crippen molar-refractivity contribution in [2.45, 2.75) is 30.5 Å². The lowest BCUT2D eigenvalue weighted by molar-refractivity contribution is 0.453. The molecule has 6 heteroatoms. The molecule has 2 aromatic rings. The van der Waals surface area contributed by atoms with Crippen molar-refractivity contribution in [2.75, 3.05) is 6.54 Å². The van der Waals surface area contributed by atoms with E-state index < -0.39 is 0 Å². The van der Waals surface area contributed by atoms with Crippen LogP contribution in [0.1, 0.15) is 17.0 Å². The quantitative estimate of drug-likeness (QED) is 0.896. The molecule has 5 nitrogen and oxygen atoms in total. The molecule has 0 unspecified atom stereocenters. The molecular formula is C11H16N4OS. The van der Waals surface area contributed by atoms with Gasteiger partial charge in [0.2, 0.25) is 0 Å². The van der Waals surface area contributed by atoms with Crippen LogP contribution in [0, 0.1) is 13.8 Å². The Morgan fingerprint density at radius 1 is 1.47 bits per heavy atom.